The Bertz CT molecular complexity index is 570. The molecule has 1 aliphatic heterocycles. The predicted octanol–water partition coefficient (Wildman–Crippen LogP) is -0.0295. The minimum Gasteiger partial charge on any atom is -0.497 e. The van der Waals surface area contributed by atoms with Crippen LogP contribution < -0.4 is 19.5 Å². The Morgan fingerprint density at radius 1 is 1.38 bits per heavy atom. The van der Waals surface area contributed by atoms with E-state index >= 15 is 0 Å². The maximum absolute atomic E-state index is 12.4. The fourth-order valence-corrected chi connectivity index (χ4v) is 3.27. The van der Waals surface area contributed by atoms with Gasteiger partial charge >= 0.3 is 0 Å². The Morgan fingerprint density at radius 3 is 2.81 bits per heavy atom. The van der Waals surface area contributed by atoms with Gasteiger partial charge in [0.15, 0.2) is 0 Å². The van der Waals surface area contributed by atoms with Crippen LogP contribution in [0.3, 0.4) is 0 Å². The molecule has 1 aromatic rings. The van der Waals surface area contributed by atoms with E-state index in [-0.39, 0.29) is 23.2 Å². The Labute approximate surface area is 124 Å². The van der Waals surface area contributed by atoms with E-state index in [0.717, 1.165) is 6.54 Å². The van der Waals surface area contributed by atoms with Crippen molar-refractivity contribution in [3.63, 3.8) is 0 Å². The van der Waals surface area contributed by atoms with Gasteiger partial charge in [-0.25, -0.2) is 13.1 Å². The lowest BCUT2D eigenvalue weighted by Crippen LogP contribution is -2.48. The van der Waals surface area contributed by atoms with Gasteiger partial charge in [-0.3, -0.25) is 0 Å². The minimum absolute atomic E-state index is 0.0298. The molecule has 8 heteroatoms. The third-order valence-corrected chi connectivity index (χ3v) is 4.64. The van der Waals surface area contributed by atoms with E-state index in [4.69, 9.17) is 14.2 Å². The Kier molecular flexibility index (Phi) is 5.40. The summed E-state index contributed by atoms with van der Waals surface area (Å²) in [5, 5.41) is 3.19. The molecular weight excluding hydrogens is 296 g/mol. The summed E-state index contributed by atoms with van der Waals surface area (Å²) in [6.45, 7) is 2.12. The number of morpholine rings is 1. The molecule has 0 bridgehead atoms. The molecule has 0 radical (unpaired) electrons. The fraction of sp³-hybridized carbons (Fsp3) is 0.538. The van der Waals surface area contributed by atoms with Gasteiger partial charge in [-0.1, -0.05) is 0 Å². The highest BCUT2D eigenvalue weighted by atomic mass is 32.2. The van der Waals surface area contributed by atoms with E-state index < -0.39 is 10.0 Å². The van der Waals surface area contributed by atoms with E-state index in [1.165, 1.54) is 26.4 Å². The molecule has 0 aliphatic carbocycles. The topological polar surface area (TPSA) is 85.9 Å². The van der Waals surface area contributed by atoms with Crippen molar-refractivity contribution in [2.45, 2.75) is 10.9 Å². The average Bonchev–Trinajstić information content (AvgIpc) is 2.53. The molecule has 1 atom stereocenters. The van der Waals surface area contributed by atoms with Crippen molar-refractivity contribution in [1.29, 1.82) is 0 Å². The van der Waals surface area contributed by atoms with Crippen LogP contribution in [-0.4, -0.2) is 55.0 Å². The molecule has 0 saturated carbocycles. The van der Waals surface area contributed by atoms with Gasteiger partial charge in [-0.15, -0.1) is 0 Å². The number of hydrogen-bond donors (Lipinski definition) is 2. The number of benzene rings is 1. The minimum atomic E-state index is -3.65. The highest BCUT2D eigenvalue weighted by molar-refractivity contribution is 7.89. The van der Waals surface area contributed by atoms with Crippen LogP contribution in [0.4, 0.5) is 0 Å². The van der Waals surface area contributed by atoms with Crippen molar-refractivity contribution in [2.24, 2.45) is 0 Å². The highest BCUT2D eigenvalue weighted by Crippen LogP contribution is 2.28. The van der Waals surface area contributed by atoms with E-state index in [1.54, 1.807) is 6.07 Å². The molecule has 1 unspecified atom stereocenters. The van der Waals surface area contributed by atoms with Crippen LogP contribution in [-0.2, 0) is 14.8 Å². The van der Waals surface area contributed by atoms with Crippen LogP contribution >= 0.6 is 0 Å². The molecule has 21 heavy (non-hydrogen) atoms. The monoisotopic (exact) mass is 316 g/mol. The number of sulfonamides is 1. The van der Waals surface area contributed by atoms with Gasteiger partial charge in [0.2, 0.25) is 10.0 Å². The fourth-order valence-electron chi connectivity index (χ4n) is 2.04. The van der Waals surface area contributed by atoms with Crippen LogP contribution in [0.25, 0.3) is 0 Å². The van der Waals surface area contributed by atoms with Crippen molar-refractivity contribution in [1.82, 2.24) is 10.0 Å². The third kappa shape index (κ3) is 4.07. The maximum atomic E-state index is 12.4. The summed E-state index contributed by atoms with van der Waals surface area (Å²) in [4.78, 5) is 0.0857. The predicted molar refractivity (Wildman–Crippen MR) is 77.3 cm³/mol. The molecule has 0 amide bonds. The quantitative estimate of drug-likeness (QED) is 0.766. The molecule has 1 aromatic carbocycles. The van der Waals surface area contributed by atoms with Gasteiger partial charge < -0.3 is 19.5 Å². The molecule has 118 valence electrons. The largest absolute Gasteiger partial charge is 0.497 e. The Balaban J connectivity index is 2.11. The second-order valence-corrected chi connectivity index (χ2v) is 6.33. The molecular formula is C13H20N2O5S. The summed E-state index contributed by atoms with van der Waals surface area (Å²) in [7, 11) is -0.723. The first kappa shape index (κ1) is 16.0. The first-order valence-electron chi connectivity index (χ1n) is 6.59. The lowest BCUT2D eigenvalue weighted by atomic mass is 10.3. The molecule has 1 heterocycles. The highest BCUT2D eigenvalue weighted by Gasteiger charge is 2.22. The van der Waals surface area contributed by atoms with Crippen LogP contribution in [0.1, 0.15) is 0 Å². The molecule has 0 spiro atoms. The zero-order valence-electron chi connectivity index (χ0n) is 12.1. The second kappa shape index (κ2) is 7.08. The van der Waals surface area contributed by atoms with Crippen LogP contribution in [0, 0.1) is 0 Å². The van der Waals surface area contributed by atoms with Crippen molar-refractivity contribution in [3.05, 3.63) is 18.2 Å². The van der Waals surface area contributed by atoms with Crippen LogP contribution in [0.15, 0.2) is 23.1 Å². The SMILES string of the molecule is COc1ccc(S(=O)(=O)NCC2COCCN2)c(OC)c1. The molecule has 1 fully saturated rings. The van der Waals surface area contributed by atoms with Gasteiger partial charge in [0.1, 0.15) is 16.4 Å². The van der Waals surface area contributed by atoms with E-state index in [2.05, 4.69) is 10.0 Å². The first-order valence-corrected chi connectivity index (χ1v) is 8.08. The van der Waals surface area contributed by atoms with Crippen molar-refractivity contribution in [2.75, 3.05) is 40.5 Å². The maximum Gasteiger partial charge on any atom is 0.244 e. The normalized spacial score (nSPS) is 19.2. The number of ether oxygens (including phenoxy) is 3. The number of hydrogen-bond acceptors (Lipinski definition) is 6. The van der Waals surface area contributed by atoms with E-state index in [0.29, 0.717) is 19.0 Å². The standard InChI is InChI=1S/C13H20N2O5S/c1-18-11-3-4-13(12(7-11)19-2)21(16,17)15-8-10-9-20-6-5-14-10/h3-4,7,10,14-15H,5-6,8-9H2,1-2H3. The second-order valence-electron chi connectivity index (χ2n) is 4.59. The third-order valence-electron chi connectivity index (χ3n) is 3.18. The number of nitrogens with one attached hydrogen (secondary N) is 2. The van der Waals surface area contributed by atoms with Crippen LogP contribution in [0.2, 0.25) is 0 Å². The van der Waals surface area contributed by atoms with Gasteiger partial charge in [-0.2, -0.15) is 0 Å². The summed E-state index contributed by atoms with van der Waals surface area (Å²) in [6, 6.07) is 4.55. The van der Waals surface area contributed by atoms with Gasteiger partial charge in [-0.05, 0) is 12.1 Å². The van der Waals surface area contributed by atoms with Gasteiger partial charge in [0, 0.05) is 25.2 Å². The number of methoxy groups -OCH3 is 2. The summed E-state index contributed by atoms with van der Waals surface area (Å²) in [5.74, 6) is 0.780. The number of rotatable bonds is 6. The summed E-state index contributed by atoms with van der Waals surface area (Å²) >= 11 is 0. The molecule has 2 rings (SSSR count). The zero-order valence-corrected chi connectivity index (χ0v) is 12.9. The Hall–Kier alpha value is -1.35. The molecule has 2 N–H and O–H groups in total. The molecule has 0 aromatic heterocycles. The zero-order chi connectivity index (χ0) is 15.3. The molecule has 7 nitrogen and oxygen atoms in total. The van der Waals surface area contributed by atoms with E-state index in [1.807, 2.05) is 0 Å². The van der Waals surface area contributed by atoms with Crippen molar-refractivity contribution in [3.8, 4) is 11.5 Å². The summed E-state index contributed by atoms with van der Waals surface area (Å²) in [5.41, 5.74) is 0. The Morgan fingerprint density at radius 2 is 2.19 bits per heavy atom. The molecule has 1 saturated heterocycles. The van der Waals surface area contributed by atoms with Gasteiger partial charge in [0.05, 0.1) is 27.4 Å². The molecule has 1 aliphatic rings. The smallest absolute Gasteiger partial charge is 0.244 e. The van der Waals surface area contributed by atoms with Crippen molar-refractivity contribution >= 4 is 10.0 Å². The first-order chi connectivity index (χ1) is 10.1. The summed E-state index contributed by atoms with van der Waals surface area (Å²) in [6.07, 6.45) is 0. The summed E-state index contributed by atoms with van der Waals surface area (Å²) < 4.78 is 42.7. The lowest BCUT2D eigenvalue weighted by molar-refractivity contribution is 0.0784. The van der Waals surface area contributed by atoms with Gasteiger partial charge in [0.25, 0.3) is 0 Å². The van der Waals surface area contributed by atoms with Crippen molar-refractivity contribution < 1.29 is 22.6 Å². The van der Waals surface area contributed by atoms with E-state index in [9.17, 15) is 8.42 Å². The lowest BCUT2D eigenvalue weighted by Gasteiger charge is -2.24. The van der Waals surface area contributed by atoms with Crippen LogP contribution in [0.5, 0.6) is 11.5 Å². The average molecular weight is 316 g/mol.